The molecule has 0 aliphatic rings. The Bertz CT molecular complexity index is 1070. The Morgan fingerprint density at radius 2 is 1.49 bits per heavy atom. The van der Waals surface area contributed by atoms with Crippen LogP contribution in [0.15, 0.2) is 60.1 Å². The zero-order valence-corrected chi connectivity index (χ0v) is 26.3. The number of carbonyl (C=O) groups excluding carboxylic acids is 1. The third kappa shape index (κ3) is 13.6. The number of unbranched alkanes of at least 4 members (excludes halogenated alkanes) is 11. The van der Waals surface area contributed by atoms with Gasteiger partial charge in [-0.15, -0.1) is 0 Å². The second-order valence-electron chi connectivity index (χ2n) is 10.4. The van der Waals surface area contributed by atoms with Gasteiger partial charge < -0.3 is 27.0 Å². The fourth-order valence-electron chi connectivity index (χ4n) is 4.71. The highest BCUT2D eigenvalue weighted by Crippen LogP contribution is 2.16. The summed E-state index contributed by atoms with van der Waals surface area (Å²) < 4.78 is 8.13. The number of benzene rings is 2. The van der Waals surface area contributed by atoms with Gasteiger partial charge in [0, 0.05) is 18.2 Å². The number of nitrogens with one attached hydrogen (secondary N) is 1. The maximum atomic E-state index is 12.6. The monoisotopic (exact) mass is 614 g/mol. The van der Waals surface area contributed by atoms with Crippen LogP contribution in [0, 0.1) is 6.92 Å². The van der Waals surface area contributed by atoms with Gasteiger partial charge in [0.15, 0.2) is 12.7 Å². The lowest BCUT2D eigenvalue weighted by molar-refractivity contribution is -0.689. The van der Waals surface area contributed by atoms with Gasteiger partial charge in [0.1, 0.15) is 5.75 Å². The van der Waals surface area contributed by atoms with Gasteiger partial charge in [0.05, 0.1) is 18.4 Å². The number of aryl methyl sites for hydroxylation is 1. The summed E-state index contributed by atoms with van der Waals surface area (Å²) in [6.07, 6.45) is 18.6. The lowest BCUT2D eigenvalue weighted by Gasteiger charge is -2.09. The van der Waals surface area contributed by atoms with Crippen molar-refractivity contribution < 1.29 is 31.1 Å². The summed E-state index contributed by atoms with van der Waals surface area (Å²) in [5.74, 6) is 0.873. The minimum atomic E-state index is -0.00771. The van der Waals surface area contributed by atoms with E-state index in [1.54, 1.807) is 11.3 Å². The number of hydrogen-bond acceptors (Lipinski definition) is 3. The first kappa shape index (κ1) is 33.0. The number of ether oxygens (including phenoxy) is 1. The predicted molar refractivity (Wildman–Crippen MR) is 160 cm³/mol. The molecule has 0 saturated heterocycles. The van der Waals surface area contributed by atoms with Crippen LogP contribution in [0.5, 0.6) is 5.75 Å². The molecule has 1 amide bonds. The van der Waals surface area contributed by atoms with Crippen LogP contribution in [0.2, 0.25) is 0 Å². The standard InChI is InChI=1S/C33H46N2O2S.BrH/c1-3-4-5-6-7-8-9-10-11-12-13-14-23-37-32-20-18-29(19-21-32)26-33(36)34-31-17-15-16-30(25-31)27-35-22-24-38-28(35)2;/h15-22,24-25H,3-14,23,26-27H2,1-2H3;1H. The number of anilines is 1. The van der Waals surface area contributed by atoms with Crippen LogP contribution in [0.3, 0.4) is 0 Å². The lowest BCUT2D eigenvalue weighted by atomic mass is 10.1. The maximum absolute atomic E-state index is 12.6. The highest BCUT2D eigenvalue weighted by Gasteiger charge is 2.10. The molecule has 214 valence electrons. The highest BCUT2D eigenvalue weighted by atomic mass is 79.9. The van der Waals surface area contributed by atoms with Crippen molar-refractivity contribution in [2.75, 3.05) is 11.9 Å². The van der Waals surface area contributed by atoms with Gasteiger partial charge >= 0.3 is 0 Å². The van der Waals surface area contributed by atoms with Gasteiger partial charge in [-0.05, 0) is 36.2 Å². The smallest absolute Gasteiger partial charge is 0.234 e. The van der Waals surface area contributed by atoms with Crippen molar-refractivity contribution >= 4 is 22.9 Å². The van der Waals surface area contributed by atoms with E-state index >= 15 is 0 Å². The van der Waals surface area contributed by atoms with E-state index in [-0.39, 0.29) is 22.9 Å². The molecule has 1 N–H and O–H groups in total. The average Bonchev–Trinajstić information content (AvgIpc) is 3.32. The number of aromatic nitrogens is 1. The fraction of sp³-hybridized carbons (Fsp3) is 0.515. The van der Waals surface area contributed by atoms with E-state index in [2.05, 4.69) is 47.4 Å². The molecule has 4 nitrogen and oxygen atoms in total. The Hall–Kier alpha value is -2.18. The number of nitrogens with zero attached hydrogens (tertiary/aromatic N) is 1. The molecule has 0 spiro atoms. The van der Waals surface area contributed by atoms with Crippen molar-refractivity contribution in [1.82, 2.24) is 0 Å². The van der Waals surface area contributed by atoms with Crippen LogP contribution in [-0.2, 0) is 17.8 Å². The summed E-state index contributed by atoms with van der Waals surface area (Å²) in [4.78, 5) is 12.6. The fourth-order valence-corrected chi connectivity index (χ4v) is 5.38. The number of rotatable bonds is 19. The van der Waals surface area contributed by atoms with Crippen LogP contribution in [0.1, 0.15) is 100 Å². The molecule has 3 aromatic rings. The summed E-state index contributed by atoms with van der Waals surface area (Å²) in [7, 11) is 0. The van der Waals surface area contributed by atoms with Gasteiger partial charge in [-0.3, -0.25) is 4.79 Å². The molecule has 0 aliphatic heterocycles. The Kier molecular flexibility index (Phi) is 16.8. The van der Waals surface area contributed by atoms with E-state index in [1.807, 2.05) is 36.4 Å². The second-order valence-corrected chi connectivity index (χ2v) is 11.5. The van der Waals surface area contributed by atoms with Crippen molar-refractivity contribution in [2.45, 2.75) is 104 Å². The zero-order valence-electron chi connectivity index (χ0n) is 23.9. The Balaban J connectivity index is 0.00000533. The number of amides is 1. The number of thiazole rings is 1. The largest absolute Gasteiger partial charge is 1.00 e. The first-order valence-electron chi connectivity index (χ1n) is 14.7. The molecular weight excluding hydrogens is 568 g/mol. The SMILES string of the molecule is CCCCCCCCCCCCCCOc1ccc(CC(=O)Nc2cccc(C[n+]3ccsc3C)c2)cc1.[Br-]. The van der Waals surface area contributed by atoms with Crippen molar-refractivity contribution in [3.63, 3.8) is 0 Å². The summed E-state index contributed by atoms with van der Waals surface area (Å²) in [6, 6.07) is 16.0. The van der Waals surface area contributed by atoms with E-state index in [0.29, 0.717) is 6.42 Å². The number of halogens is 1. The van der Waals surface area contributed by atoms with E-state index in [0.717, 1.165) is 36.6 Å². The van der Waals surface area contributed by atoms with Gasteiger partial charge in [0.2, 0.25) is 10.9 Å². The lowest BCUT2D eigenvalue weighted by Crippen LogP contribution is -3.00. The Labute approximate surface area is 251 Å². The van der Waals surface area contributed by atoms with Crippen molar-refractivity contribution in [1.29, 1.82) is 0 Å². The average molecular weight is 616 g/mol. The van der Waals surface area contributed by atoms with E-state index < -0.39 is 0 Å². The third-order valence-electron chi connectivity index (χ3n) is 7.00. The number of hydrogen-bond donors (Lipinski definition) is 1. The second kappa shape index (κ2) is 19.8. The molecule has 39 heavy (non-hydrogen) atoms. The molecule has 6 heteroatoms. The topological polar surface area (TPSA) is 42.2 Å². The molecule has 0 bridgehead atoms. The van der Waals surface area contributed by atoms with Gasteiger partial charge in [0.25, 0.3) is 0 Å². The summed E-state index contributed by atoms with van der Waals surface area (Å²) >= 11 is 1.74. The molecule has 0 unspecified atom stereocenters. The Morgan fingerprint density at radius 1 is 0.846 bits per heavy atom. The summed E-state index contributed by atoms with van der Waals surface area (Å²) in [5.41, 5.74) is 2.99. The zero-order chi connectivity index (χ0) is 26.8. The van der Waals surface area contributed by atoms with Crippen molar-refractivity contribution in [2.24, 2.45) is 0 Å². The predicted octanol–water partition coefficient (Wildman–Crippen LogP) is 5.66. The summed E-state index contributed by atoms with van der Waals surface area (Å²) in [6.45, 7) is 5.96. The molecule has 0 aliphatic carbocycles. The van der Waals surface area contributed by atoms with Crippen LogP contribution < -0.4 is 31.6 Å². The first-order valence-corrected chi connectivity index (χ1v) is 15.6. The molecule has 1 aromatic heterocycles. The van der Waals surface area contributed by atoms with E-state index in [4.69, 9.17) is 4.74 Å². The van der Waals surface area contributed by atoms with E-state index in [9.17, 15) is 4.79 Å². The van der Waals surface area contributed by atoms with Gasteiger partial charge in [-0.1, -0.05) is 113 Å². The van der Waals surface area contributed by atoms with Crippen LogP contribution in [0.4, 0.5) is 5.69 Å². The van der Waals surface area contributed by atoms with Crippen LogP contribution >= 0.6 is 11.3 Å². The number of carbonyl (C=O) groups is 1. The van der Waals surface area contributed by atoms with Crippen LogP contribution in [0.25, 0.3) is 0 Å². The Morgan fingerprint density at radius 3 is 2.10 bits per heavy atom. The molecule has 3 rings (SSSR count). The van der Waals surface area contributed by atoms with Gasteiger partial charge in [-0.25, -0.2) is 0 Å². The molecule has 2 aromatic carbocycles. The quantitative estimate of drug-likeness (QED) is 0.140. The highest BCUT2D eigenvalue weighted by molar-refractivity contribution is 7.09. The minimum absolute atomic E-state index is 0. The molecule has 1 heterocycles. The maximum Gasteiger partial charge on any atom is 0.234 e. The molecule has 0 radical (unpaired) electrons. The normalized spacial score (nSPS) is 10.7. The molecule has 0 saturated carbocycles. The first-order chi connectivity index (χ1) is 18.6. The molecular formula is C33H47BrN2O2S. The van der Waals surface area contributed by atoms with E-state index in [1.165, 1.54) is 81.2 Å². The van der Waals surface area contributed by atoms with Gasteiger partial charge in [-0.2, -0.15) is 4.57 Å². The molecule has 0 fully saturated rings. The van der Waals surface area contributed by atoms with Crippen molar-refractivity contribution in [3.8, 4) is 5.75 Å². The van der Waals surface area contributed by atoms with Crippen LogP contribution in [-0.4, -0.2) is 12.5 Å². The van der Waals surface area contributed by atoms with Crippen molar-refractivity contribution in [3.05, 3.63) is 76.2 Å². The third-order valence-corrected chi connectivity index (χ3v) is 7.84. The summed E-state index contributed by atoms with van der Waals surface area (Å²) in [5, 5.41) is 6.40. The minimum Gasteiger partial charge on any atom is -1.00 e. The molecule has 0 atom stereocenters.